The van der Waals surface area contributed by atoms with Crippen LogP contribution in [0.4, 0.5) is 13.2 Å². The summed E-state index contributed by atoms with van der Waals surface area (Å²) in [6.45, 7) is 2.30. The van der Waals surface area contributed by atoms with Crippen LogP contribution in [-0.4, -0.2) is 26.4 Å². The lowest BCUT2D eigenvalue weighted by Gasteiger charge is -2.27. The minimum atomic E-state index is -4.35. The van der Waals surface area contributed by atoms with Crippen LogP contribution in [0.3, 0.4) is 0 Å². The van der Waals surface area contributed by atoms with Gasteiger partial charge in [-0.25, -0.2) is 9.97 Å². The second-order valence-corrected chi connectivity index (χ2v) is 7.70. The van der Waals surface area contributed by atoms with Crippen LogP contribution < -0.4 is 0 Å². The summed E-state index contributed by atoms with van der Waals surface area (Å²) in [5.74, 6) is 0.456. The van der Waals surface area contributed by atoms with Gasteiger partial charge < -0.3 is 0 Å². The number of para-hydroxylation sites is 1. The number of aromatic nitrogens is 3. The van der Waals surface area contributed by atoms with Crippen LogP contribution in [0.15, 0.2) is 66.9 Å². The van der Waals surface area contributed by atoms with Crippen molar-refractivity contribution in [3.63, 3.8) is 0 Å². The molecule has 5 rings (SSSR count). The van der Waals surface area contributed by atoms with Gasteiger partial charge in [0.1, 0.15) is 0 Å². The molecule has 31 heavy (non-hydrogen) atoms. The zero-order chi connectivity index (χ0) is 21.4. The standard InChI is InChI=1S/C24H19F3N4/c25-24(26,27)19-8-5-17(6-9-19)23-28-13-18-14-31(12-11-22(18)30-23)15-20-10-7-16-3-1-2-4-21(16)29-20/h1-10,13H,11-12,14-15H2. The second kappa shape index (κ2) is 7.74. The van der Waals surface area contributed by atoms with Crippen LogP contribution in [0, 0.1) is 0 Å². The van der Waals surface area contributed by atoms with Crippen LogP contribution in [0.5, 0.6) is 0 Å². The fourth-order valence-corrected chi connectivity index (χ4v) is 3.88. The number of hydrogen-bond donors (Lipinski definition) is 0. The van der Waals surface area contributed by atoms with Gasteiger partial charge in [-0.2, -0.15) is 13.2 Å². The Labute approximate surface area is 177 Å². The molecule has 3 heterocycles. The van der Waals surface area contributed by atoms with Gasteiger partial charge in [0.05, 0.1) is 22.5 Å². The molecule has 0 fully saturated rings. The molecule has 0 radical (unpaired) electrons. The molecule has 0 aliphatic carbocycles. The van der Waals surface area contributed by atoms with Gasteiger partial charge in [0, 0.05) is 48.8 Å². The number of fused-ring (bicyclic) bond motifs is 2. The molecule has 7 heteroatoms. The number of benzene rings is 2. The molecule has 156 valence electrons. The van der Waals surface area contributed by atoms with E-state index in [1.165, 1.54) is 12.1 Å². The second-order valence-electron chi connectivity index (χ2n) is 7.70. The number of halogens is 3. The van der Waals surface area contributed by atoms with Gasteiger partial charge in [-0.05, 0) is 24.3 Å². The molecule has 0 spiro atoms. The van der Waals surface area contributed by atoms with Crippen molar-refractivity contribution in [2.45, 2.75) is 25.7 Å². The summed E-state index contributed by atoms with van der Waals surface area (Å²) in [6, 6.07) is 17.2. The van der Waals surface area contributed by atoms with Crippen molar-refractivity contribution >= 4 is 10.9 Å². The van der Waals surface area contributed by atoms with E-state index in [1.54, 1.807) is 6.20 Å². The van der Waals surface area contributed by atoms with Crippen LogP contribution in [-0.2, 0) is 25.7 Å². The summed E-state index contributed by atoms with van der Waals surface area (Å²) < 4.78 is 38.3. The van der Waals surface area contributed by atoms with Gasteiger partial charge in [0.2, 0.25) is 0 Å². The van der Waals surface area contributed by atoms with Crippen molar-refractivity contribution < 1.29 is 13.2 Å². The smallest absolute Gasteiger partial charge is 0.293 e. The number of pyridine rings is 1. The Kier molecular flexibility index (Phi) is 4.90. The monoisotopic (exact) mass is 420 g/mol. The maximum absolute atomic E-state index is 12.8. The first-order chi connectivity index (χ1) is 15.0. The Hall–Kier alpha value is -3.32. The molecular weight excluding hydrogens is 401 g/mol. The van der Waals surface area contributed by atoms with E-state index in [0.717, 1.165) is 66.0 Å². The maximum Gasteiger partial charge on any atom is 0.416 e. The third-order valence-corrected chi connectivity index (χ3v) is 5.53. The van der Waals surface area contributed by atoms with Crippen LogP contribution in [0.25, 0.3) is 22.3 Å². The normalized spacial score (nSPS) is 14.5. The minimum absolute atomic E-state index is 0.456. The van der Waals surface area contributed by atoms with E-state index >= 15 is 0 Å². The van der Waals surface area contributed by atoms with Crippen molar-refractivity contribution in [2.24, 2.45) is 0 Å². The molecule has 4 aromatic rings. The summed E-state index contributed by atoms with van der Waals surface area (Å²) in [5, 5.41) is 1.12. The highest BCUT2D eigenvalue weighted by Gasteiger charge is 2.30. The average Bonchev–Trinajstić information content (AvgIpc) is 2.78. The van der Waals surface area contributed by atoms with E-state index in [4.69, 9.17) is 4.98 Å². The Balaban J connectivity index is 1.31. The summed E-state index contributed by atoms with van der Waals surface area (Å²) in [7, 11) is 0. The number of hydrogen-bond acceptors (Lipinski definition) is 4. The molecule has 0 atom stereocenters. The molecule has 0 saturated carbocycles. The van der Waals surface area contributed by atoms with E-state index in [-0.39, 0.29) is 0 Å². The summed E-state index contributed by atoms with van der Waals surface area (Å²) >= 11 is 0. The average molecular weight is 420 g/mol. The maximum atomic E-state index is 12.8. The minimum Gasteiger partial charge on any atom is -0.293 e. The number of nitrogens with zero attached hydrogens (tertiary/aromatic N) is 4. The molecule has 0 saturated heterocycles. The predicted molar refractivity (Wildman–Crippen MR) is 112 cm³/mol. The van der Waals surface area contributed by atoms with Crippen molar-refractivity contribution in [3.05, 3.63) is 89.4 Å². The van der Waals surface area contributed by atoms with Gasteiger partial charge in [-0.1, -0.05) is 36.4 Å². The summed E-state index contributed by atoms with van der Waals surface area (Å²) in [5.41, 5.74) is 3.91. The zero-order valence-electron chi connectivity index (χ0n) is 16.6. The molecule has 1 aliphatic heterocycles. The molecule has 2 aromatic heterocycles. The van der Waals surface area contributed by atoms with E-state index in [1.807, 2.05) is 18.2 Å². The van der Waals surface area contributed by atoms with Crippen LogP contribution in [0.2, 0.25) is 0 Å². The Morgan fingerprint density at radius 3 is 2.52 bits per heavy atom. The SMILES string of the molecule is FC(F)(F)c1ccc(-c2ncc3c(n2)CCN(Cc2ccc4ccccc4n2)C3)cc1. The first-order valence-corrected chi connectivity index (χ1v) is 10.1. The largest absolute Gasteiger partial charge is 0.416 e. The molecular formula is C24H19F3N4. The van der Waals surface area contributed by atoms with E-state index in [9.17, 15) is 13.2 Å². The van der Waals surface area contributed by atoms with Crippen LogP contribution >= 0.6 is 0 Å². The van der Waals surface area contributed by atoms with Gasteiger partial charge >= 0.3 is 6.18 Å². The zero-order valence-corrected chi connectivity index (χ0v) is 16.6. The molecule has 0 amide bonds. The van der Waals surface area contributed by atoms with Gasteiger partial charge in [0.15, 0.2) is 5.82 Å². The highest BCUT2D eigenvalue weighted by Crippen LogP contribution is 2.30. The lowest BCUT2D eigenvalue weighted by Crippen LogP contribution is -2.31. The predicted octanol–water partition coefficient (Wildman–Crippen LogP) is 5.27. The lowest BCUT2D eigenvalue weighted by atomic mass is 10.1. The third kappa shape index (κ3) is 4.14. The Morgan fingerprint density at radius 1 is 0.903 bits per heavy atom. The van der Waals surface area contributed by atoms with Crippen molar-refractivity contribution in [2.75, 3.05) is 6.54 Å². The Morgan fingerprint density at radius 2 is 1.71 bits per heavy atom. The van der Waals surface area contributed by atoms with Crippen molar-refractivity contribution in [3.8, 4) is 11.4 Å². The van der Waals surface area contributed by atoms with Gasteiger partial charge in [-0.15, -0.1) is 0 Å². The van der Waals surface area contributed by atoms with Crippen molar-refractivity contribution in [1.82, 2.24) is 19.9 Å². The fourth-order valence-electron chi connectivity index (χ4n) is 3.88. The molecule has 0 unspecified atom stereocenters. The summed E-state index contributed by atoms with van der Waals surface area (Å²) in [4.78, 5) is 16.1. The first kappa shape index (κ1) is 19.6. The van der Waals surface area contributed by atoms with Crippen LogP contribution in [0.1, 0.15) is 22.5 Å². The van der Waals surface area contributed by atoms with E-state index in [0.29, 0.717) is 11.4 Å². The topological polar surface area (TPSA) is 41.9 Å². The molecule has 0 bridgehead atoms. The lowest BCUT2D eigenvalue weighted by molar-refractivity contribution is -0.137. The molecule has 0 N–H and O–H groups in total. The molecule has 2 aromatic carbocycles. The first-order valence-electron chi connectivity index (χ1n) is 10.1. The van der Waals surface area contributed by atoms with Gasteiger partial charge in [0.25, 0.3) is 0 Å². The Bertz CT molecular complexity index is 1240. The van der Waals surface area contributed by atoms with E-state index < -0.39 is 11.7 Å². The highest BCUT2D eigenvalue weighted by atomic mass is 19.4. The fraction of sp³-hybridized carbons (Fsp3) is 0.208. The van der Waals surface area contributed by atoms with E-state index in [2.05, 4.69) is 33.1 Å². The number of rotatable bonds is 3. The quantitative estimate of drug-likeness (QED) is 0.453. The molecule has 4 nitrogen and oxygen atoms in total. The van der Waals surface area contributed by atoms with Crippen molar-refractivity contribution in [1.29, 1.82) is 0 Å². The summed E-state index contributed by atoms with van der Waals surface area (Å²) in [6.07, 6.45) is -1.80. The third-order valence-electron chi connectivity index (χ3n) is 5.53. The molecule has 1 aliphatic rings. The number of alkyl halides is 3. The van der Waals surface area contributed by atoms with Gasteiger partial charge in [-0.3, -0.25) is 9.88 Å². The highest BCUT2D eigenvalue weighted by molar-refractivity contribution is 5.78.